The van der Waals surface area contributed by atoms with Crippen molar-refractivity contribution in [1.82, 2.24) is 5.32 Å². The van der Waals surface area contributed by atoms with E-state index < -0.39 is 0 Å². The van der Waals surface area contributed by atoms with Gasteiger partial charge in [0.05, 0.1) is 14.2 Å². The summed E-state index contributed by atoms with van der Waals surface area (Å²) in [7, 11) is 3.40. The molecule has 0 aliphatic heterocycles. The summed E-state index contributed by atoms with van der Waals surface area (Å²) in [5.74, 6) is 4.69. The first-order chi connectivity index (χ1) is 9.81. The van der Waals surface area contributed by atoms with Crippen LogP contribution in [0.4, 0.5) is 0 Å². The van der Waals surface area contributed by atoms with E-state index in [-0.39, 0.29) is 0 Å². The zero-order chi connectivity index (χ0) is 13.9. The average molecular weight is 275 g/mol. The standard InChI is InChI=1S/C17H25NO2/c1-19-15-8-7-14(17(9-15)20-2)10-18-11-16(12-3-4-12)13-5-6-13/h7-9,12-13,16,18H,3-6,10-11H2,1-2H3. The van der Waals surface area contributed by atoms with Crippen LogP contribution in [-0.4, -0.2) is 20.8 Å². The van der Waals surface area contributed by atoms with Crippen LogP contribution in [0, 0.1) is 17.8 Å². The normalized spacial score (nSPS) is 18.4. The lowest BCUT2D eigenvalue weighted by Crippen LogP contribution is -2.25. The lowest BCUT2D eigenvalue weighted by molar-refractivity contribution is 0.371. The van der Waals surface area contributed by atoms with Crippen molar-refractivity contribution < 1.29 is 9.47 Å². The fourth-order valence-electron chi connectivity index (χ4n) is 3.14. The summed E-state index contributed by atoms with van der Waals surface area (Å²) in [5, 5.41) is 3.64. The molecule has 1 N–H and O–H groups in total. The highest BCUT2D eigenvalue weighted by molar-refractivity contribution is 5.40. The molecule has 0 atom stereocenters. The molecule has 3 heteroatoms. The molecule has 3 rings (SSSR count). The van der Waals surface area contributed by atoms with Gasteiger partial charge in [0.2, 0.25) is 0 Å². The van der Waals surface area contributed by atoms with Crippen molar-refractivity contribution in [1.29, 1.82) is 0 Å². The maximum Gasteiger partial charge on any atom is 0.127 e. The van der Waals surface area contributed by atoms with E-state index in [1.54, 1.807) is 14.2 Å². The third-order valence-corrected chi connectivity index (χ3v) is 4.64. The van der Waals surface area contributed by atoms with E-state index in [1.165, 1.54) is 31.2 Å². The van der Waals surface area contributed by atoms with E-state index in [0.29, 0.717) is 0 Å². The third kappa shape index (κ3) is 3.26. The third-order valence-electron chi connectivity index (χ3n) is 4.64. The van der Waals surface area contributed by atoms with Gasteiger partial charge in [-0.1, -0.05) is 6.07 Å². The Hall–Kier alpha value is -1.22. The van der Waals surface area contributed by atoms with Crippen LogP contribution < -0.4 is 14.8 Å². The molecule has 0 amide bonds. The van der Waals surface area contributed by atoms with Crippen LogP contribution >= 0.6 is 0 Å². The van der Waals surface area contributed by atoms with Gasteiger partial charge in [0, 0.05) is 18.2 Å². The summed E-state index contributed by atoms with van der Waals surface area (Å²) < 4.78 is 10.7. The molecule has 0 unspecified atom stereocenters. The second-order valence-electron chi connectivity index (χ2n) is 6.15. The highest BCUT2D eigenvalue weighted by atomic mass is 16.5. The van der Waals surface area contributed by atoms with E-state index >= 15 is 0 Å². The fraction of sp³-hybridized carbons (Fsp3) is 0.647. The summed E-state index contributed by atoms with van der Waals surface area (Å²) >= 11 is 0. The highest BCUT2D eigenvalue weighted by Crippen LogP contribution is 2.48. The molecule has 2 aliphatic carbocycles. The van der Waals surface area contributed by atoms with E-state index in [9.17, 15) is 0 Å². The Morgan fingerprint density at radius 2 is 1.80 bits per heavy atom. The SMILES string of the molecule is COc1ccc(CNCC(C2CC2)C2CC2)c(OC)c1. The van der Waals surface area contributed by atoms with Gasteiger partial charge in [0.25, 0.3) is 0 Å². The monoisotopic (exact) mass is 275 g/mol. The molecule has 2 aliphatic rings. The predicted molar refractivity (Wildman–Crippen MR) is 80.2 cm³/mol. The second kappa shape index (κ2) is 6.04. The minimum atomic E-state index is 0.847. The Morgan fingerprint density at radius 1 is 1.10 bits per heavy atom. The number of nitrogens with one attached hydrogen (secondary N) is 1. The van der Waals surface area contributed by atoms with Gasteiger partial charge < -0.3 is 14.8 Å². The van der Waals surface area contributed by atoms with Crippen LogP contribution in [-0.2, 0) is 6.54 Å². The first kappa shape index (κ1) is 13.7. The van der Waals surface area contributed by atoms with E-state index in [2.05, 4.69) is 11.4 Å². The Morgan fingerprint density at radius 3 is 2.35 bits per heavy atom. The molecule has 0 radical (unpaired) electrons. The Labute approximate surface area is 121 Å². The summed E-state index contributed by atoms with van der Waals surface area (Å²) in [4.78, 5) is 0. The molecule has 3 nitrogen and oxygen atoms in total. The maximum atomic E-state index is 5.44. The van der Waals surface area contributed by atoms with Gasteiger partial charge in [-0.05, 0) is 56.0 Å². The summed E-state index contributed by atoms with van der Waals surface area (Å²) in [6, 6.07) is 6.04. The number of hydrogen-bond acceptors (Lipinski definition) is 3. The predicted octanol–water partition coefficient (Wildman–Crippen LogP) is 3.23. The molecule has 1 aromatic rings. The average Bonchev–Trinajstić information content (AvgIpc) is 3.37. The quantitative estimate of drug-likeness (QED) is 0.790. The van der Waals surface area contributed by atoms with Crippen LogP contribution in [0.2, 0.25) is 0 Å². The Balaban J connectivity index is 1.54. The van der Waals surface area contributed by atoms with Crippen molar-refractivity contribution >= 4 is 0 Å². The lowest BCUT2D eigenvalue weighted by atomic mass is 9.98. The van der Waals surface area contributed by atoms with Gasteiger partial charge in [-0.2, -0.15) is 0 Å². The topological polar surface area (TPSA) is 30.5 Å². The molecule has 0 aromatic heterocycles. The van der Waals surface area contributed by atoms with Crippen molar-refractivity contribution in [2.75, 3.05) is 20.8 Å². The molecule has 1 aromatic carbocycles. The van der Waals surface area contributed by atoms with Gasteiger partial charge >= 0.3 is 0 Å². The van der Waals surface area contributed by atoms with Crippen LogP contribution in [0.25, 0.3) is 0 Å². The minimum Gasteiger partial charge on any atom is -0.497 e. The van der Waals surface area contributed by atoms with Gasteiger partial charge in [0.15, 0.2) is 0 Å². The molecular weight excluding hydrogens is 250 g/mol. The van der Waals surface area contributed by atoms with Gasteiger partial charge in [0.1, 0.15) is 11.5 Å². The number of methoxy groups -OCH3 is 2. The summed E-state index contributed by atoms with van der Waals surface area (Å²) in [6.45, 7) is 2.04. The largest absolute Gasteiger partial charge is 0.497 e. The summed E-state index contributed by atoms with van der Waals surface area (Å²) in [6.07, 6.45) is 5.81. The summed E-state index contributed by atoms with van der Waals surface area (Å²) in [5.41, 5.74) is 1.21. The molecule has 2 fully saturated rings. The molecule has 110 valence electrons. The van der Waals surface area contributed by atoms with Crippen molar-refractivity contribution in [2.45, 2.75) is 32.2 Å². The molecule has 0 heterocycles. The van der Waals surface area contributed by atoms with E-state index in [0.717, 1.165) is 42.3 Å². The number of hydrogen-bond donors (Lipinski definition) is 1. The van der Waals surface area contributed by atoms with E-state index in [1.807, 2.05) is 12.1 Å². The molecule has 2 saturated carbocycles. The van der Waals surface area contributed by atoms with Crippen molar-refractivity contribution in [3.63, 3.8) is 0 Å². The van der Waals surface area contributed by atoms with Crippen LogP contribution in [0.1, 0.15) is 31.2 Å². The smallest absolute Gasteiger partial charge is 0.127 e. The second-order valence-corrected chi connectivity index (χ2v) is 6.15. The lowest BCUT2D eigenvalue weighted by Gasteiger charge is -2.17. The van der Waals surface area contributed by atoms with Crippen molar-refractivity contribution in [3.8, 4) is 11.5 Å². The van der Waals surface area contributed by atoms with Crippen molar-refractivity contribution in [3.05, 3.63) is 23.8 Å². The molecule has 0 spiro atoms. The van der Waals surface area contributed by atoms with Crippen LogP contribution in [0.3, 0.4) is 0 Å². The molecule has 20 heavy (non-hydrogen) atoms. The van der Waals surface area contributed by atoms with Gasteiger partial charge in [-0.3, -0.25) is 0 Å². The number of ether oxygens (including phenoxy) is 2. The fourth-order valence-corrected chi connectivity index (χ4v) is 3.14. The highest BCUT2D eigenvalue weighted by Gasteiger charge is 2.40. The van der Waals surface area contributed by atoms with Crippen LogP contribution in [0.5, 0.6) is 11.5 Å². The van der Waals surface area contributed by atoms with Gasteiger partial charge in [-0.25, -0.2) is 0 Å². The maximum absolute atomic E-state index is 5.44. The van der Waals surface area contributed by atoms with Crippen molar-refractivity contribution in [2.24, 2.45) is 17.8 Å². The zero-order valence-corrected chi connectivity index (χ0v) is 12.5. The number of rotatable bonds is 8. The van der Waals surface area contributed by atoms with E-state index in [4.69, 9.17) is 9.47 Å². The molecule has 0 saturated heterocycles. The zero-order valence-electron chi connectivity index (χ0n) is 12.5. The molecular formula is C17H25NO2. The Bertz CT molecular complexity index is 440. The van der Waals surface area contributed by atoms with Crippen LogP contribution in [0.15, 0.2) is 18.2 Å². The first-order valence-corrected chi connectivity index (χ1v) is 7.73. The minimum absolute atomic E-state index is 0.847. The number of benzene rings is 1. The Kier molecular flexibility index (Phi) is 4.16. The molecule has 0 bridgehead atoms. The van der Waals surface area contributed by atoms with Gasteiger partial charge in [-0.15, -0.1) is 0 Å². The first-order valence-electron chi connectivity index (χ1n) is 7.73.